The predicted molar refractivity (Wildman–Crippen MR) is 95.0 cm³/mol. The summed E-state index contributed by atoms with van der Waals surface area (Å²) >= 11 is 0. The van der Waals surface area contributed by atoms with Crippen LogP contribution in [0, 0.1) is 0 Å². The number of nitrogens with zero attached hydrogens (tertiary/aromatic N) is 1. The molecule has 0 heterocycles. The van der Waals surface area contributed by atoms with E-state index in [4.69, 9.17) is 16.2 Å². The molecule has 24 heavy (non-hydrogen) atoms. The van der Waals surface area contributed by atoms with Crippen LogP contribution in [-0.4, -0.2) is 19.0 Å². The molecule has 0 unspecified atom stereocenters. The fourth-order valence-electron chi connectivity index (χ4n) is 2.96. The van der Waals surface area contributed by atoms with Crippen molar-refractivity contribution in [3.63, 3.8) is 0 Å². The molecule has 4 N–H and O–H groups in total. The first-order valence-electron chi connectivity index (χ1n) is 7.71. The number of ether oxygens (including phenoxy) is 1. The Morgan fingerprint density at radius 1 is 1.12 bits per heavy atom. The third-order valence-corrected chi connectivity index (χ3v) is 4.04. The summed E-state index contributed by atoms with van der Waals surface area (Å²) in [4.78, 5) is 15.7. The molecule has 5 heteroatoms. The number of hydrogen-bond donors (Lipinski definition) is 2. The number of carbonyl (C=O) groups excluding carboxylic acids is 1. The van der Waals surface area contributed by atoms with E-state index in [9.17, 15) is 4.79 Å². The minimum atomic E-state index is -0.442. The van der Waals surface area contributed by atoms with Gasteiger partial charge in [-0.05, 0) is 47.7 Å². The second-order valence-electron chi connectivity index (χ2n) is 5.57. The third-order valence-electron chi connectivity index (χ3n) is 4.04. The molecule has 3 rings (SSSR count). The molecule has 0 fully saturated rings. The van der Waals surface area contributed by atoms with Crippen LogP contribution in [0.4, 0.5) is 0 Å². The fraction of sp³-hybridized carbons (Fsp3) is 0.158. The number of nitrogens with two attached hydrogens (primary N) is 2. The molecule has 0 aromatic heterocycles. The van der Waals surface area contributed by atoms with E-state index in [1.165, 1.54) is 5.56 Å². The highest BCUT2D eigenvalue weighted by atomic mass is 16.5. The summed E-state index contributed by atoms with van der Waals surface area (Å²) in [7, 11) is 1.65. The first kappa shape index (κ1) is 15.8. The molecule has 2 aromatic rings. The Balaban J connectivity index is 2.09. The second-order valence-corrected chi connectivity index (χ2v) is 5.57. The zero-order valence-corrected chi connectivity index (χ0v) is 13.5. The van der Waals surface area contributed by atoms with E-state index in [0.717, 1.165) is 35.3 Å². The number of hydrogen-bond acceptors (Lipinski definition) is 2. The van der Waals surface area contributed by atoms with Crippen LogP contribution in [0.1, 0.15) is 33.5 Å². The van der Waals surface area contributed by atoms with Crippen molar-refractivity contribution in [3.05, 3.63) is 70.8 Å². The van der Waals surface area contributed by atoms with Crippen LogP contribution in [0.5, 0.6) is 5.75 Å². The molecular formula is C19H19N3O2. The Morgan fingerprint density at radius 3 is 2.67 bits per heavy atom. The van der Waals surface area contributed by atoms with Crippen LogP contribution in [0.3, 0.4) is 0 Å². The lowest BCUT2D eigenvalue weighted by atomic mass is 9.85. The van der Waals surface area contributed by atoms with E-state index in [0.29, 0.717) is 5.56 Å². The molecule has 2 aromatic carbocycles. The van der Waals surface area contributed by atoms with Gasteiger partial charge in [0.1, 0.15) is 5.75 Å². The highest BCUT2D eigenvalue weighted by molar-refractivity contribution is 6.02. The molecule has 1 amide bonds. The number of aryl methyl sites for hydroxylation is 1. The summed E-state index contributed by atoms with van der Waals surface area (Å²) in [5, 5.41) is 0. The van der Waals surface area contributed by atoms with Gasteiger partial charge in [0.05, 0.1) is 7.11 Å². The van der Waals surface area contributed by atoms with Crippen LogP contribution in [0.15, 0.2) is 53.5 Å². The average molecular weight is 321 g/mol. The van der Waals surface area contributed by atoms with E-state index in [1.54, 1.807) is 13.2 Å². The summed E-state index contributed by atoms with van der Waals surface area (Å²) in [6.07, 6.45) is 4.06. The van der Waals surface area contributed by atoms with E-state index in [2.05, 4.69) is 11.1 Å². The number of allylic oxidation sites excluding steroid dienone is 1. The van der Waals surface area contributed by atoms with Gasteiger partial charge in [0.2, 0.25) is 0 Å². The molecule has 0 bridgehead atoms. The number of aliphatic imine (C=N–C) groups is 1. The maximum absolute atomic E-state index is 12.1. The maximum Gasteiger partial charge on any atom is 0.280 e. The van der Waals surface area contributed by atoms with Crippen molar-refractivity contribution < 1.29 is 9.53 Å². The predicted octanol–water partition coefficient (Wildman–Crippen LogP) is 2.49. The van der Waals surface area contributed by atoms with Gasteiger partial charge in [0.25, 0.3) is 5.91 Å². The summed E-state index contributed by atoms with van der Waals surface area (Å²) < 4.78 is 5.48. The van der Waals surface area contributed by atoms with Gasteiger partial charge in [-0.1, -0.05) is 30.3 Å². The monoisotopic (exact) mass is 321 g/mol. The Hall–Kier alpha value is -3.08. The van der Waals surface area contributed by atoms with Crippen LogP contribution in [-0.2, 0) is 6.42 Å². The molecule has 0 saturated heterocycles. The number of methoxy groups -OCH3 is 1. The smallest absolute Gasteiger partial charge is 0.280 e. The molecule has 0 saturated carbocycles. The van der Waals surface area contributed by atoms with Crippen molar-refractivity contribution in [2.75, 3.05) is 7.11 Å². The van der Waals surface area contributed by atoms with Crippen molar-refractivity contribution in [3.8, 4) is 5.75 Å². The lowest BCUT2D eigenvalue weighted by Crippen LogP contribution is -2.24. The number of benzene rings is 2. The van der Waals surface area contributed by atoms with E-state index in [1.807, 2.05) is 36.4 Å². The number of rotatable bonds is 3. The van der Waals surface area contributed by atoms with Gasteiger partial charge in [-0.3, -0.25) is 4.79 Å². The van der Waals surface area contributed by atoms with Gasteiger partial charge >= 0.3 is 0 Å². The van der Waals surface area contributed by atoms with Crippen molar-refractivity contribution in [1.82, 2.24) is 0 Å². The largest absolute Gasteiger partial charge is 0.496 e. The summed E-state index contributed by atoms with van der Waals surface area (Å²) in [5.41, 5.74) is 15.4. The lowest BCUT2D eigenvalue weighted by Gasteiger charge is -2.20. The number of carbonyl (C=O) groups is 1. The van der Waals surface area contributed by atoms with Gasteiger partial charge < -0.3 is 16.2 Å². The minimum Gasteiger partial charge on any atom is -0.496 e. The summed E-state index contributed by atoms with van der Waals surface area (Å²) in [6, 6.07) is 13.4. The third kappa shape index (κ3) is 3.01. The van der Waals surface area contributed by atoms with Crippen LogP contribution < -0.4 is 16.2 Å². The summed E-state index contributed by atoms with van der Waals surface area (Å²) in [5.74, 6) is 0.124. The van der Waals surface area contributed by atoms with Gasteiger partial charge in [-0.25, -0.2) is 0 Å². The Kier molecular flexibility index (Phi) is 4.33. The van der Waals surface area contributed by atoms with Gasteiger partial charge in [-0.15, -0.1) is 0 Å². The Labute approximate surface area is 140 Å². The normalized spacial score (nSPS) is 12.8. The topological polar surface area (TPSA) is 90.7 Å². The quantitative estimate of drug-likeness (QED) is 0.671. The standard InChI is InChI=1S/C19H19N3O2/c1-24-17-8-3-2-6-15(17)14-7-4-5-12-9-10-13(11-16(12)14)18(23)22-19(20)21/h2-3,6-11H,4-5H2,1H3,(H4,20,21,22,23). The number of guanidine groups is 1. The van der Waals surface area contributed by atoms with Crippen molar-refractivity contribution in [2.45, 2.75) is 12.8 Å². The molecule has 0 radical (unpaired) electrons. The molecule has 0 aliphatic heterocycles. The molecule has 1 aliphatic rings. The van der Waals surface area contributed by atoms with Crippen LogP contribution in [0.25, 0.3) is 5.57 Å². The number of para-hydroxylation sites is 1. The SMILES string of the molecule is COc1ccccc1C1=CCCc2ccc(C(=O)N=C(N)N)cc21. The Morgan fingerprint density at radius 2 is 1.92 bits per heavy atom. The van der Waals surface area contributed by atoms with Crippen molar-refractivity contribution >= 4 is 17.4 Å². The number of fused-ring (bicyclic) bond motifs is 1. The first-order valence-corrected chi connectivity index (χ1v) is 7.71. The zero-order chi connectivity index (χ0) is 17.1. The van der Waals surface area contributed by atoms with Gasteiger partial charge in [0.15, 0.2) is 5.96 Å². The van der Waals surface area contributed by atoms with E-state index in [-0.39, 0.29) is 5.96 Å². The molecular weight excluding hydrogens is 302 g/mol. The first-order chi connectivity index (χ1) is 11.6. The number of amides is 1. The van der Waals surface area contributed by atoms with Gasteiger partial charge in [0, 0.05) is 11.1 Å². The van der Waals surface area contributed by atoms with Crippen molar-refractivity contribution in [1.29, 1.82) is 0 Å². The van der Waals surface area contributed by atoms with E-state index >= 15 is 0 Å². The van der Waals surface area contributed by atoms with Crippen LogP contribution in [0.2, 0.25) is 0 Å². The van der Waals surface area contributed by atoms with Gasteiger partial charge in [-0.2, -0.15) is 4.99 Å². The molecule has 0 spiro atoms. The maximum atomic E-state index is 12.1. The highest BCUT2D eigenvalue weighted by Crippen LogP contribution is 2.36. The minimum absolute atomic E-state index is 0.238. The lowest BCUT2D eigenvalue weighted by molar-refractivity contribution is 0.100. The second kappa shape index (κ2) is 6.58. The average Bonchev–Trinajstić information content (AvgIpc) is 2.60. The molecule has 1 aliphatic carbocycles. The summed E-state index contributed by atoms with van der Waals surface area (Å²) in [6.45, 7) is 0. The molecule has 5 nitrogen and oxygen atoms in total. The van der Waals surface area contributed by atoms with Crippen LogP contribution >= 0.6 is 0 Å². The molecule has 122 valence electrons. The molecule has 0 atom stereocenters. The van der Waals surface area contributed by atoms with Crippen molar-refractivity contribution in [2.24, 2.45) is 16.5 Å². The Bertz CT molecular complexity index is 849. The highest BCUT2D eigenvalue weighted by Gasteiger charge is 2.19. The van der Waals surface area contributed by atoms with E-state index < -0.39 is 5.91 Å². The fourth-order valence-corrected chi connectivity index (χ4v) is 2.96. The zero-order valence-electron chi connectivity index (χ0n) is 13.5.